The van der Waals surface area contributed by atoms with Gasteiger partial charge >= 0.3 is 0 Å². The first-order chi connectivity index (χ1) is 9.54. The number of alkyl halides is 2. The van der Waals surface area contributed by atoms with Gasteiger partial charge in [0.15, 0.2) is 0 Å². The van der Waals surface area contributed by atoms with Gasteiger partial charge in [-0.2, -0.15) is 4.99 Å². The molecule has 1 heterocycles. The number of halogens is 2. The molecule has 0 radical (unpaired) electrons. The molecule has 20 heavy (non-hydrogen) atoms. The van der Waals surface area contributed by atoms with Crippen LogP contribution in [0.25, 0.3) is 6.08 Å². The molecular formula is C14H11Cl2NOS2. The lowest BCUT2D eigenvalue weighted by atomic mass is 10.2. The SMILES string of the molecule is O=C1N=C(SCC2CC2(Cl)Cl)SC1=Cc1ccccc1. The predicted octanol–water partition coefficient (Wildman–Crippen LogP) is 4.58. The second-order valence-corrected chi connectivity index (χ2v) is 8.52. The highest BCUT2D eigenvalue weighted by Crippen LogP contribution is 2.54. The van der Waals surface area contributed by atoms with E-state index in [0.29, 0.717) is 10.8 Å². The molecule has 0 spiro atoms. The second-order valence-electron chi connectivity index (χ2n) is 4.68. The summed E-state index contributed by atoms with van der Waals surface area (Å²) >= 11 is 14.9. The highest BCUT2D eigenvalue weighted by molar-refractivity contribution is 8.41. The molecular weight excluding hydrogens is 333 g/mol. The van der Waals surface area contributed by atoms with E-state index in [-0.39, 0.29) is 5.91 Å². The second kappa shape index (κ2) is 5.76. The average Bonchev–Trinajstić information content (AvgIpc) is 2.88. The molecule has 1 amide bonds. The number of amides is 1. The standard InChI is InChI=1S/C14H11Cl2NOS2/c15-14(16)7-10(14)8-19-13-17-12(18)11(20-13)6-9-4-2-1-3-5-9/h1-6,10H,7-8H2. The Labute approximate surface area is 136 Å². The molecule has 1 aromatic carbocycles. The monoisotopic (exact) mass is 343 g/mol. The van der Waals surface area contributed by atoms with Crippen molar-refractivity contribution >= 4 is 63.1 Å². The summed E-state index contributed by atoms with van der Waals surface area (Å²) in [5, 5.41) is 0. The van der Waals surface area contributed by atoms with Crippen molar-refractivity contribution in [1.29, 1.82) is 0 Å². The van der Waals surface area contributed by atoms with Crippen molar-refractivity contribution in [3.63, 3.8) is 0 Å². The van der Waals surface area contributed by atoms with Crippen LogP contribution in [0, 0.1) is 5.92 Å². The molecule has 2 aliphatic rings. The predicted molar refractivity (Wildman–Crippen MR) is 89.5 cm³/mol. The smallest absolute Gasteiger partial charge is 0.266 e. The van der Waals surface area contributed by atoms with E-state index >= 15 is 0 Å². The third-order valence-electron chi connectivity index (χ3n) is 3.06. The molecule has 3 rings (SSSR count). The lowest BCUT2D eigenvalue weighted by Gasteiger charge is -1.99. The van der Waals surface area contributed by atoms with Gasteiger partial charge in [-0.1, -0.05) is 53.9 Å². The van der Waals surface area contributed by atoms with Crippen LogP contribution in [0.15, 0.2) is 40.2 Å². The van der Waals surface area contributed by atoms with E-state index in [1.165, 1.54) is 11.8 Å². The van der Waals surface area contributed by atoms with E-state index in [0.717, 1.165) is 22.1 Å². The minimum Gasteiger partial charge on any atom is -0.266 e. The molecule has 1 aliphatic carbocycles. The first-order valence-corrected chi connectivity index (χ1v) is 8.69. The van der Waals surface area contributed by atoms with Crippen molar-refractivity contribution in [3.05, 3.63) is 40.8 Å². The lowest BCUT2D eigenvalue weighted by molar-refractivity contribution is -0.113. The minimum absolute atomic E-state index is 0.167. The summed E-state index contributed by atoms with van der Waals surface area (Å²) in [6.45, 7) is 0. The van der Waals surface area contributed by atoms with Crippen LogP contribution in [0.4, 0.5) is 0 Å². The number of hydrogen-bond acceptors (Lipinski definition) is 3. The maximum atomic E-state index is 11.8. The third-order valence-corrected chi connectivity index (χ3v) is 6.28. The first kappa shape index (κ1) is 14.5. The van der Waals surface area contributed by atoms with Crippen molar-refractivity contribution in [2.24, 2.45) is 10.9 Å². The zero-order valence-corrected chi connectivity index (χ0v) is 13.5. The van der Waals surface area contributed by atoms with Crippen LogP contribution in [0.2, 0.25) is 0 Å². The van der Waals surface area contributed by atoms with Gasteiger partial charge < -0.3 is 0 Å². The summed E-state index contributed by atoms with van der Waals surface area (Å²) in [6, 6.07) is 9.77. The Bertz CT molecular complexity index is 598. The average molecular weight is 344 g/mol. The Morgan fingerprint density at radius 2 is 2.10 bits per heavy atom. The van der Waals surface area contributed by atoms with E-state index in [1.807, 2.05) is 36.4 Å². The lowest BCUT2D eigenvalue weighted by Crippen LogP contribution is -1.94. The normalized spacial score (nSPS) is 25.9. The highest BCUT2D eigenvalue weighted by Gasteiger charge is 2.51. The van der Waals surface area contributed by atoms with Gasteiger partial charge in [-0.05, 0) is 18.1 Å². The summed E-state index contributed by atoms with van der Waals surface area (Å²) in [4.78, 5) is 16.6. The first-order valence-electron chi connectivity index (χ1n) is 6.13. The van der Waals surface area contributed by atoms with Crippen LogP contribution in [-0.4, -0.2) is 20.4 Å². The zero-order valence-electron chi connectivity index (χ0n) is 10.4. The quantitative estimate of drug-likeness (QED) is 0.594. The highest BCUT2D eigenvalue weighted by atomic mass is 35.5. The summed E-state index contributed by atoms with van der Waals surface area (Å²) in [6.07, 6.45) is 2.69. The molecule has 6 heteroatoms. The molecule has 0 bridgehead atoms. The van der Waals surface area contributed by atoms with Gasteiger partial charge in [-0.3, -0.25) is 4.79 Å². The molecule has 0 N–H and O–H groups in total. The van der Waals surface area contributed by atoms with Crippen LogP contribution in [-0.2, 0) is 4.79 Å². The van der Waals surface area contributed by atoms with Gasteiger partial charge in [-0.15, -0.1) is 23.2 Å². The van der Waals surface area contributed by atoms with Crippen molar-refractivity contribution in [2.45, 2.75) is 10.8 Å². The largest absolute Gasteiger partial charge is 0.285 e. The van der Waals surface area contributed by atoms with E-state index in [9.17, 15) is 4.79 Å². The van der Waals surface area contributed by atoms with Gasteiger partial charge in [0.2, 0.25) is 0 Å². The Morgan fingerprint density at radius 1 is 1.40 bits per heavy atom. The Kier molecular flexibility index (Phi) is 4.18. The Balaban J connectivity index is 1.60. The Hall–Kier alpha value is -0.420. The molecule has 1 aromatic rings. The van der Waals surface area contributed by atoms with Crippen molar-refractivity contribution in [3.8, 4) is 0 Å². The van der Waals surface area contributed by atoms with E-state index in [2.05, 4.69) is 4.99 Å². The topological polar surface area (TPSA) is 29.4 Å². The third kappa shape index (κ3) is 3.42. The summed E-state index contributed by atoms with van der Waals surface area (Å²) in [5.41, 5.74) is 1.01. The maximum Gasteiger partial charge on any atom is 0.285 e. The summed E-state index contributed by atoms with van der Waals surface area (Å²) in [7, 11) is 0. The van der Waals surface area contributed by atoms with Gasteiger partial charge in [-0.25, -0.2) is 0 Å². The van der Waals surface area contributed by atoms with Crippen LogP contribution < -0.4 is 0 Å². The van der Waals surface area contributed by atoms with Crippen LogP contribution >= 0.6 is 46.7 Å². The minimum atomic E-state index is -0.566. The molecule has 0 aromatic heterocycles. The fraction of sp³-hybridized carbons (Fsp3) is 0.286. The van der Waals surface area contributed by atoms with E-state index in [4.69, 9.17) is 23.2 Å². The van der Waals surface area contributed by atoms with Crippen molar-refractivity contribution in [1.82, 2.24) is 0 Å². The van der Waals surface area contributed by atoms with Crippen LogP contribution in [0.1, 0.15) is 12.0 Å². The number of carbonyl (C=O) groups excluding carboxylic acids is 1. The molecule has 1 fully saturated rings. The van der Waals surface area contributed by atoms with E-state index < -0.39 is 4.33 Å². The molecule has 104 valence electrons. The number of thioether (sulfide) groups is 2. The number of rotatable bonds is 3. The number of carbonyl (C=O) groups is 1. The van der Waals surface area contributed by atoms with Crippen LogP contribution in [0.3, 0.4) is 0 Å². The maximum absolute atomic E-state index is 11.8. The molecule has 1 atom stereocenters. The summed E-state index contributed by atoms with van der Waals surface area (Å²) < 4.78 is 0.219. The molecule has 1 saturated carbocycles. The fourth-order valence-corrected chi connectivity index (χ4v) is 4.73. The van der Waals surface area contributed by atoms with Crippen molar-refractivity contribution < 1.29 is 4.79 Å². The van der Waals surface area contributed by atoms with Gasteiger partial charge in [0, 0.05) is 11.7 Å². The van der Waals surface area contributed by atoms with Gasteiger partial charge in [0.25, 0.3) is 5.91 Å². The van der Waals surface area contributed by atoms with Crippen molar-refractivity contribution in [2.75, 3.05) is 5.75 Å². The number of benzene rings is 1. The number of aliphatic imine (C=N–C) groups is 1. The van der Waals surface area contributed by atoms with Gasteiger partial charge in [0.05, 0.1) is 4.91 Å². The van der Waals surface area contributed by atoms with Crippen LogP contribution in [0.5, 0.6) is 0 Å². The summed E-state index contributed by atoms with van der Waals surface area (Å²) in [5.74, 6) is 0.946. The number of nitrogens with zero attached hydrogens (tertiary/aromatic N) is 1. The molecule has 0 saturated heterocycles. The molecule has 1 unspecified atom stereocenters. The Morgan fingerprint density at radius 3 is 2.75 bits per heavy atom. The van der Waals surface area contributed by atoms with E-state index in [1.54, 1.807) is 11.8 Å². The van der Waals surface area contributed by atoms with Gasteiger partial charge in [0.1, 0.15) is 8.71 Å². The zero-order chi connectivity index (χ0) is 14.2. The molecule has 2 nitrogen and oxygen atoms in total. The fourth-order valence-electron chi connectivity index (χ4n) is 1.77. The number of hydrogen-bond donors (Lipinski definition) is 0. The molecule has 1 aliphatic heterocycles.